The zero-order chi connectivity index (χ0) is 11.1. The average Bonchev–Trinajstić information content (AvgIpc) is 2.26. The Morgan fingerprint density at radius 1 is 1.00 bits per heavy atom. The molecule has 0 amide bonds. The first-order valence-corrected chi connectivity index (χ1v) is 6.00. The van der Waals surface area contributed by atoms with Gasteiger partial charge in [-0.25, -0.2) is 0 Å². The van der Waals surface area contributed by atoms with Crippen molar-refractivity contribution in [2.24, 2.45) is 0 Å². The molecule has 0 fully saturated rings. The first-order chi connectivity index (χ1) is 7.14. The maximum Gasteiger partial charge on any atom is 0.0782 e. The smallest absolute Gasteiger partial charge is 0.0782 e. The molecule has 1 nitrogen and oxygen atoms in total. The van der Waals surface area contributed by atoms with Gasteiger partial charge in [0, 0.05) is 0 Å². The second kappa shape index (κ2) is 7.86. The summed E-state index contributed by atoms with van der Waals surface area (Å²) in [6.45, 7) is 4.78. The highest BCUT2D eigenvalue weighted by Gasteiger charge is 2.10. The van der Waals surface area contributed by atoms with Gasteiger partial charge >= 0.3 is 0 Å². The molecule has 1 aromatic rings. The zero-order valence-electron chi connectivity index (χ0n) is 10.7. The molecule has 0 spiro atoms. The number of halogens is 1. The minimum atomic E-state index is 0. The lowest BCUT2D eigenvalue weighted by Crippen LogP contribution is -3.00. The van der Waals surface area contributed by atoms with Crippen LogP contribution in [0.5, 0.6) is 0 Å². The number of hydrogen-bond donors (Lipinski definition) is 0. The molecule has 0 saturated heterocycles. The summed E-state index contributed by atoms with van der Waals surface area (Å²) in [5.74, 6) is 0. The summed E-state index contributed by atoms with van der Waals surface area (Å²) in [6.07, 6.45) is 3.87. The Bertz CT molecular complexity index is 269. The molecular formula is C14H24BrN. The van der Waals surface area contributed by atoms with Gasteiger partial charge in [0.1, 0.15) is 0 Å². The van der Waals surface area contributed by atoms with E-state index in [9.17, 15) is 0 Å². The SMILES string of the molecule is CC[N+](C)(C)CCCCc1ccccc1.[Br-]. The number of nitrogens with zero attached hydrogens (tertiary/aromatic N) is 1. The fourth-order valence-corrected chi connectivity index (χ4v) is 1.67. The Hall–Kier alpha value is -0.340. The molecule has 0 atom stereocenters. The van der Waals surface area contributed by atoms with E-state index < -0.39 is 0 Å². The van der Waals surface area contributed by atoms with Gasteiger partial charge in [0.2, 0.25) is 0 Å². The van der Waals surface area contributed by atoms with Gasteiger partial charge in [0.05, 0.1) is 27.2 Å². The normalized spacial score (nSPS) is 10.9. The monoisotopic (exact) mass is 285 g/mol. The molecule has 0 heterocycles. The first kappa shape index (κ1) is 15.7. The van der Waals surface area contributed by atoms with E-state index in [1.54, 1.807) is 0 Å². The Labute approximate surface area is 111 Å². The van der Waals surface area contributed by atoms with Gasteiger partial charge in [-0.15, -0.1) is 0 Å². The summed E-state index contributed by atoms with van der Waals surface area (Å²) in [5, 5.41) is 0. The number of unbranched alkanes of at least 4 members (excludes halogenated alkanes) is 1. The van der Waals surface area contributed by atoms with E-state index in [0.29, 0.717) is 0 Å². The van der Waals surface area contributed by atoms with Crippen molar-refractivity contribution >= 4 is 0 Å². The van der Waals surface area contributed by atoms with Crippen molar-refractivity contribution in [1.82, 2.24) is 0 Å². The number of aryl methyl sites for hydroxylation is 1. The van der Waals surface area contributed by atoms with Gasteiger partial charge in [0.25, 0.3) is 0 Å². The van der Waals surface area contributed by atoms with Crippen LogP contribution in [0.25, 0.3) is 0 Å². The maximum atomic E-state index is 2.31. The van der Waals surface area contributed by atoms with Gasteiger partial charge in [-0.05, 0) is 31.7 Å². The van der Waals surface area contributed by atoms with Crippen molar-refractivity contribution in [3.05, 3.63) is 35.9 Å². The topological polar surface area (TPSA) is 0 Å². The molecule has 0 N–H and O–H groups in total. The number of hydrogen-bond acceptors (Lipinski definition) is 0. The summed E-state index contributed by atoms with van der Waals surface area (Å²) in [6, 6.07) is 10.8. The van der Waals surface area contributed by atoms with Gasteiger partial charge in [-0.1, -0.05) is 30.3 Å². The molecule has 0 aliphatic carbocycles. The van der Waals surface area contributed by atoms with E-state index in [1.807, 2.05) is 0 Å². The van der Waals surface area contributed by atoms with Crippen LogP contribution in [0.4, 0.5) is 0 Å². The van der Waals surface area contributed by atoms with Crippen LogP contribution in [0.15, 0.2) is 30.3 Å². The lowest BCUT2D eigenvalue weighted by molar-refractivity contribution is -0.888. The molecule has 0 saturated carbocycles. The van der Waals surface area contributed by atoms with E-state index in [4.69, 9.17) is 0 Å². The largest absolute Gasteiger partial charge is 1.00 e. The first-order valence-electron chi connectivity index (χ1n) is 6.00. The second-order valence-electron chi connectivity index (χ2n) is 4.92. The van der Waals surface area contributed by atoms with Crippen LogP contribution in [-0.4, -0.2) is 31.7 Å². The second-order valence-corrected chi connectivity index (χ2v) is 4.92. The van der Waals surface area contributed by atoms with Crippen LogP contribution < -0.4 is 17.0 Å². The molecule has 0 radical (unpaired) electrons. The van der Waals surface area contributed by atoms with Gasteiger partial charge in [0.15, 0.2) is 0 Å². The van der Waals surface area contributed by atoms with E-state index in [0.717, 1.165) is 4.48 Å². The highest BCUT2D eigenvalue weighted by molar-refractivity contribution is 5.14. The molecule has 16 heavy (non-hydrogen) atoms. The molecule has 0 aliphatic rings. The van der Waals surface area contributed by atoms with Crippen LogP contribution in [0.1, 0.15) is 25.3 Å². The fourth-order valence-electron chi connectivity index (χ4n) is 1.67. The van der Waals surface area contributed by atoms with Crippen LogP contribution in [0, 0.1) is 0 Å². The lowest BCUT2D eigenvalue weighted by atomic mass is 10.1. The third kappa shape index (κ3) is 6.29. The van der Waals surface area contributed by atoms with Crippen LogP contribution in [0.2, 0.25) is 0 Å². The number of quaternary nitrogens is 1. The summed E-state index contributed by atoms with van der Waals surface area (Å²) >= 11 is 0. The molecule has 2 heteroatoms. The minimum Gasteiger partial charge on any atom is -1.00 e. The molecule has 0 bridgehead atoms. The van der Waals surface area contributed by atoms with Gasteiger partial charge in [-0.2, -0.15) is 0 Å². The lowest BCUT2D eigenvalue weighted by Gasteiger charge is -2.28. The highest BCUT2D eigenvalue weighted by atomic mass is 79.9. The zero-order valence-corrected chi connectivity index (χ0v) is 12.3. The summed E-state index contributed by atoms with van der Waals surface area (Å²) in [5.41, 5.74) is 1.47. The van der Waals surface area contributed by atoms with Crippen molar-refractivity contribution < 1.29 is 21.5 Å². The van der Waals surface area contributed by atoms with Crippen molar-refractivity contribution in [1.29, 1.82) is 0 Å². The van der Waals surface area contributed by atoms with Crippen molar-refractivity contribution in [2.45, 2.75) is 26.2 Å². The predicted molar refractivity (Wildman–Crippen MR) is 66.9 cm³/mol. The Morgan fingerprint density at radius 2 is 1.62 bits per heavy atom. The van der Waals surface area contributed by atoms with E-state index in [-0.39, 0.29) is 17.0 Å². The van der Waals surface area contributed by atoms with Crippen LogP contribution in [-0.2, 0) is 6.42 Å². The Morgan fingerprint density at radius 3 is 2.19 bits per heavy atom. The fraction of sp³-hybridized carbons (Fsp3) is 0.571. The maximum absolute atomic E-state index is 2.31. The standard InChI is InChI=1S/C14H24N.BrH/c1-4-15(2,3)13-9-8-12-14-10-6-5-7-11-14;/h5-7,10-11H,4,8-9,12-13H2,1-3H3;1H/q+1;/p-1. The van der Waals surface area contributed by atoms with Gasteiger partial charge in [-0.3, -0.25) is 0 Å². The molecule has 92 valence electrons. The molecule has 0 aromatic heterocycles. The highest BCUT2D eigenvalue weighted by Crippen LogP contribution is 2.07. The quantitative estimate of drug-likeness (QED) is 0.514. The molecule has 1 aromatic carbocycles. The minimum absolute atomic E-state index is 0. The molecule has 0 aliphatic heterocycles. The molecular weight excluding hydrogens is 262 g/mol. The van der Waals surface area contributed by atoms with Crippen molar-refractivity contribution in [2.75, 3.05) is 27.2 Å². The molecule has 0 unspecified atom stereocenters. The van der Waals surface area contributed by atoms with Crippen molar-refractivity contribution in [3.8, 4) is 0 Å². The van der Waals surface area contributed by atoms with Crippen LogP contribution >= 0.6 is 0 Å². The number of benzene rings is 1. The average molecular weight is 286 g/mol. The summed E-state index contributed by atoms with van der Waals surface area (Å²) in [4.78, 5) is 0. The number of rotatable bonds is 6. The molecule has 1 rings (SSSR count). The Balaban J connectivity index is 0.00000225. The predicted octanol–water partition coefficient (Wildman–Crippen LogP) is 0.110. The summed E-state index contributed by atoms with van der Waals surface area (Å²) < 4.78 is 1.15. The van der Waals surface area contributed by atoms with E-state index in [2.05, 4.69) is 51.4 Å². The summed E-state index contributed by atoms with van der Waals surface area (Å²) in [7, 11) is 4.62. The van der Waals surface area contributed by atoms with Gasteiger partial charge < -0.3 is 21.5 Å². The third-order valence-corrected chi connectivity index (χ3v) is 3.18. The Kier molecular flexibility index (Phi) is 7.69. The van der Waals surface area contributed by atoms with Crippen LogP contribution in [0.3, 0.4) is 0 Å². The van der Waals surface area contributed by atoms with E-state index >= 15 is 0 Å². The third-order valence-electron chi connectivity index (χ3n) is 3.18. The van der Waals surface area contributed by atoms with Crippen molar-refractivity contribution in [3.63, 3.8) is 0 Å². The van der Waals surface area contributed by atoms with E-state index in [1.165, 1.54) is 37.9 Å².